The van der Waals surface area contributed by atoms with Crippen LogP contribution in [0.15, 0.2) is 60.9 Å². The number of rotatable bonds is 4. The fourth-order valence-corrected chi connectivity index (χ4v) is 2.95. The third-order valence-electron chi connectivity index (χ3n) is 4.87. The Morgan fingerprint density at radius 2 is 1.77 bits per heavy atom. The van der Waals surface area contributed by atoms with Crippen LogP contribution < -0.4 is 5.32 Å². The molecular weight excluding hydrogens is 447 g/mol. The highest BCUT2D eigenvalue weighted by molar-refractivity contribution is 5.96. The van der Waals surface area contributed by atoms with Gasteiger partial charge in [-0.05, 0) is 69.5 Å². The van der Waals surface area contributed by atoms with E-state index in [2.05, 4.69) is 27.1 Å². The van der Waals surface area contributed by atoms with Crippen LogP contribution in [0.2, 0.25) is 0 Å². The Bertz CT molecular complexity index is 1280. The third-order valence-corrected chi connectivity index (χ3v) is 4.87. The van der Waals surface area contributed by atoms with Gasteiger partial charge >= 0.3 is 6.09 Å². The lowest BCUT2D eigenvalue weighted by Crippen LogP contribution is -2.45. The van der Waals surface area contributed by atoms with Gasteiger partial charge in [0.2, 0.25) is 5.91 Å². The summed E-state index contributed by atoms with van der Waals surface area (Å²) in [7, 11) is 1.48. The number of hydrogen-bond donors (Lipinski definition) is 1. The maximum absolute atomic E-state index is 13.8. The molecule has 180 valence electrons. The zero-order chi connectivity index (χ0) is 25.6. The molecule has 2 heterocycles. The number of aromatic nitrogens is 2. The van der Waals surface area contributed by atoms with Gasteiger partial charge in [0.05, 0.1) is 6.20 Å². The van der Waals surface area contributed by atoms with Gasteiger partial charge in [0.15, 0.2) is 0 Å². The number of halogens is 1. The van der Waals surface area contributed by atoms with Crippen molar-refractivity contribution in [2.45, 2.75) is 39.3 Å². The van der Waals surface area contributed by atoms with Crippen molar-refractivity contribution in [3.8, 4) is 23.0 Å². The fourth-order valence-electron chi connectivity index (χ4n) is 2.95. The molecule has 0 fully saturated rings. The first kappa shape index (κ1) is 25.4. The average Bonchev–Trinajstić information content (AvgIpc) is 2.81. The van der Waals surface area contributed by atoms with E-state index < -0.39 is 29.5 Å². The quantitative estimate of drug-likeness (QED) is 0.545. The second kappa shape index (κ2) is 10.8. The lowest BCUT2D eigenvalue weighted by molar-refractivity contribution is -0.120. The Balaban J connectivity index is 1.90. The molecule has 1 aromatic carbocycles. The van der Waals surface area contributed by atoms with Crippen LogP contribution in [0.3, 0.4) is 0 Å². The van der Waals surface area contributed by atoms with E-state index in [4.69, 9.17) is 4.74 Å². The largest absolute Gasteiger partial charge is 0.444 e. The molecule has 0 aliphatic carbocycles. The van der Waals surface area contributed by atoms with E-state index in [0.717, 1.165) is 11.8 Å². The number of hydrogen-bond acceptors (Lipinski definition) is 5. The van der Waals surface area contributed by atoms with Crippen LogP contribution in [0, 0.1) is 17.7 Å². The highest BCUT2D eigenvalue weighted by Gasteiger charge is 2.27. The van der Waals surface area contributed by atoms with E-state index in [1.54, 1.807) is 39.8 Å². The molecule has 0 saturated heterocycles. The van der Waals surface area contributed by atoms with E-state index in [1.807, 2.05) is 30.3 Å². The molecule has 2 aromatic heterocycles. The van der Waals surface area contributed by atoms with Gasteiger partial charge in [0.1, 0.15) is 29.0 Å². The summed E-state index contributed by atoms with van der Waals surface area (Å²) in [4.78, 5) is 34.8. The monoisotopic (exact) mass is 474 g/mol. The summed E-state index contributed by atoms with van der Waals surface area (Å²) in [6, 6.07) is 13.2. The molecule has 3 rings (SSSR count). The average molecular weight is 475 g/mol. The van der Waals surface area contributed by atoms with Crippen LogP contribution in [0.25, 0.3) is 11.1 Å². The number of carbonyl (C=O) groups excluding carboxylic acids is 2. The number of ether oxygens (including phenoxy) is 1. The van der Waals surface area contributed by atoms with E-state index in [0.29, 0.717) is 16.8 Å². The topological polar surface area (TPSA) is 84.4 Å². The van der Waals surface area contributed by atoms with Crippen LogP contribution in [-0.4, -0.2) is 45.6 Å². The zero-order valence-electron chi connectivity index (χ0n) is 20.3. The van der Waals surface area contributed by atoms with E-state index in [9.17, 15) is 14.0 Å². The van der Waals surface area contributed by atoms with Crippen LogP contribution in [0.5, 0.6) is 0 Å². The van der Waals surface area contributed by atoms with Crippen molar-refractivity contribution in [2.75, 3.05) is 12.4 Å². The number of pyridine rings is 2. The minimum absolute atomic E-state index is 0.207. The summed E-state index contributed by atoms with van der Waals surface area (Å²) < 4.78 is 19.1. The number of nitrogens with zero attached hydrogens (tertiary/aromatic N) is 3. The standard InChI is InChI=1S/C27H27FN4O3/c1-18(32(5)26(34)35-27(2,3)4)25(33)31-24-15-20(21-13-22(28)17-29-16-21)14-23(30-24)12-11-19-9-7-6-8-10-19/h6-10,13-18H,1-5H3,(H,30,31,33). The molecule has 7 nitrogen and oxygen atoms in total. The van der Waals surface area contributed by atoms with Gasteiger partial charge in [-0.1, -0.05) is 24.1 Å². The molecule has 1 atom stereocenters. The molecule has 35 heavy (non-hydrogen) atoms. The summed E-state index contributed by atoms with van der Waals surface area (Å²) in [6.45, 7) is 6.82. The first-order chi connectivity index (χ1) is 16.5. The maximum Gasteiger partial charge on any atom is 0.410 e. The minimum Gasteiger partial charge on any atom is -0.444 e. The Hall–Kier alpha value is -4.25. The van der Waals surface area contributed by atoms with Crippen LogP contribution in [0.4, 0.5) is 15.0 Å². The molecule has 2 amide bonds. The normalized spacial score (nSPS) is 11.6. The molecule has 0 radical (unpaired) electrons. The van der Waals surface area contributed by atoms with Crippen molar-refractivity contribution in [3.05, 3.63) is 78.0 Å². The van der Waals surface area contributed by atoms with Gasteiger partial charge in [-0.3, -0.25) is 14.7 Å². The second-order valence-electron chi connectivity index (χ2n) is 8.89. The Morgan fingerprint density at radius 1 is 1.06 bits per heavy atom. The fraction of sp³-hybridized carbons (Fsp3) is 0.259. The molecule has 0 aliphatic heterocycles. The molecular formula is C27H27FN4O3. The third kappa shape index (κ3) is 7.37. The minimum atomic E-state index is -0.843. The van der Waals surface area contributed by atoms with E-state index in [-0.39, 0.29) is 5.82 Å². The van der Waals surface area contributed by atoms with Crippen LogP contribution >= 0.6 is 0 Å². The second-order valence-corrected chi connectivity index (χ2v) is 8.89. The van der Waals surface area contributed by atoms with Gasteiger partial charge < -0.3 is 10.1 Å². The van der Waals surface area contributed by atoms with E-state index >= 15 is 0 Å². The summed E-state index contributed by atoms with van der Waals surface area (Å²) >= 11 is 0. The highest BCUT2D eigenvalue weighted by atomic mass is 19.1. The smallest absolute Gasteiger partial charge is 0.410 e. The number of anilines is 1. The van der Waals surface area contributed by atoms with Crippen molar-refractivity contribution in [3.63, 3.8) is 0 Å². The number of likely N-dealkylation sites (N-methyl/N-ethyl adjacent to an activating group) is 1. The molecule has 0 spiro atoms. The van der Waals surface area contributed by atoms with Crippen LogP contribution in [0.1, 0.15) is 39.0 Å². The van der Waals surface area contributed by atoms with Gasteiger partial charge in [0, 0.05) is 24.4 Å². The number of benzene rings is 1. The summed E-state index contributed by atoms with van der Waals surface area (Å²) in [5.74, 6) is 5.25. The highest BCUT2D eigenvalue weighted by Crippen LogP contribution is 2.23. The van der Waals surface area contributed by atoms with Gasteiger partial charge in [-0.25, -0.2) is 14.2 Å². The zero-order valence-corrected chi connectivity index (χ0v) is 20.3. The Labute approximate surface area is 204 Å². The maximum atomic E-state index is 13.8. The summed E-state index contributed by atoms with van der Waals surface area (Å²) in [6.07, 6.45) is 2.00. The van der Waals surface area contributed by atoms with Crippen LogP contribution in [-0.2, 0) is 9.53 Å². The predicted molar refractivity (Wildman–Crippen MR) is 132 cm³/mol. The van der Waals surface area contributed by atoms with Crippen molar-refractivity contribution in [2.24, 2.45) is 0 Å². The van der Waals surface area contributed by atoms with Gasteiger partial charge in [-0.15, -0.1) is 0 Å². The number of carbonyl (C=O) groups is 2. The first-order valence-corrected chi connectivity index (χ1v) is 11.0. The molecule has 1 unspecified atom stereocenters. The number of nitrogens with one attached hydrogen (secondary N) is 1. The Kier molecular flexibility index (Phi) is 7.82. The summed E-state index contributed by atoms with van der Waals surface area (Å²) in [5, 5.41) is 2.72. The predicted octanol–water partition coefficient (Wildman–Crippen LogP) is 4.88. The first-order valence-electron chi connectivity index (χ1n) is 11.0. The molecule has 1 N–H and O–H groups in total. The van der Waals surface area contributed by atoms with Crippen molar-refractivity contribution >= 4 is 17.8 Å². The SMILES string of the molecule is CC(C(=O)Nc1cc(-c2cncc(F)c2)cc(C#Cc2ccccc2)n1)N(C)C(=O)OC(C)(C)C. The molecule has 3 aromatic rings. The van der Waals surface area contributed by atoms with Crippen molar-refractivity contribution in [1.29, 1.82) is 0 Å². The van der Waals surface area contributed by atoms with E-state index in [1.165, 1.54) is 24.2 Å². The van der Waals surface area contributed by atoms with Gasteiger partial charge in [0.25, 0.3) is 0 Å². The lowest BCUT2D eigenvalue weighted by Gasteiger charge is -2.28. The molecule has 0 bridgehead atoms. The van der Waals surface area contributed by atoms with Crippen molar-refractivity contribution in [1.82, 2.24) is 14.9 Å². The molecule has 0 aliphatic rings. The lowest BCUT2D eigenvalue weighted by atomic mass is 10.1. The summed E-state index contributed by atoms with van der Waals surface area (Å²) in [5.41, 5.74) is 1.56. The van der Waals surface area contributed by atoms with Gasteiger partial charge in [-0.2, -0.15) is 0 Å². The molecule has 8 heteroatoms. The molecule has 0 saturated carbocycles. The Morgan fingerprint density at radius 3 is 2.43 bits per heavy atom. The number of amides is 2. The van der Waals surface area contributed by atoms with Crippen molar-refractivity contribution < 1.29 is 18.7 Å².